The third-order valence-corrected chi connectivity index (χ3v) is 3.34. The first kappa shape index (κ1) is 14.8. The Morgan fingerprint density at radius 3 is 2.90 bits per heavy atom. The van der Waals surface area contributed by atoms with Crippen molar-refractivity contribution in [3.8, 4) is 0 Å². The second-order valence-electron chi connectivity index (χ2n) is 4.73. The predicted octanol–water partition coefficient (Wildman–Crippen LogP) is 1.88. The molecule has 1 aromatic rings. The zero-order valence-corrected chi connectivity index (χ0v) is 12.0. The van der Waals surface area contributed by atoms with E-state index in [4.69, 9.17) is 16.3 Å². The molecule has 1 unspecified atom stereocenters. The normalized spacial score (nSPS) is 17.8. The third-order valence-electron chi connectivity index (χ3n) is 3.11. The van der Waals surface area contributed by atoms with Gasteiger partial charge in [0.2, 0.25) is 11.8 Å². The monoisotopic (exact) mass is 296 g/mol. The number of rotatable bonds is 4. The van der Waals surface area contributed by atoms with Gasteiger partial charge in [-0.05, 0) is 43.5 Å². The van der Waals surface area contributed by atoms with Crippen LogP contribution in [0.4, 0.5) is 5.69 Å². The molecule has 1 fully saturated rings. The van der Waals surface area contributed by atoms with Gasteiger partial charge in [0, 0.05) is 17.3 Å². The van der Waals surface area contributed by atoms with Gasteiger partial charge in [0.15, 0.2) is 0 Å². The summed E-state index contributed by atoms with van der Waals surface area (Å²) in [5, 5.41) is 5.92. The van der Waals surface area contributed by atoms with Crippen LogP contribution in [0, 0.1) is 6.92 Å². The largest absolute Gasteiger partial charge is 0.368 e. The van der Waals surface area contributed by atoms with Crippen LogP contribution in [0.25, 0.3) is 0 Å². The van der Waals surface area contributed by atoms with Crippen LogP contribution in [-0.4, -0.2) is 31.1 Å². The number of aryl methyl sites for hydroxylation is 1. The van der Waals surface area contributed by atoms with Crippen molar-refractivity contribution >= 4 is 29.1 Å². The van der Waals surface area contributed by atoms with Crippen LogP contribution in [0.3, 0.4) is 0 Å². The van der Waals surface area contributed by atoms with E-state index in [1.54, 1.807) is 18.2 Å². The highest BCUT2D eigenvalue weighted by Gasteiger charge is 2.23. The maximum atomic E-state index is 11.8. The molecule has 20 heavy (non-hydrogen) atoms. The molecular formula is C14H17ClN2O3. The second kappa shape index (κ2) is 6.72. The number of benzene rings is 1. The van der Waals surface area contributed by atoms with Gasteiger partial charge in [0.25, 0.3) is 0 Å². The maximum absolute atomic E-state index is 11.8. The number of ether oxygens (including phenoxy) is 1. The molecule has 1 aliphatic heterocycles. The Balaban J connectivity index is 1.81. The molecule has 2 rings (SSSR count). The van der Waals surface area contributed by atoms with E-state index in [0.29, 0.717) is 23.7 Å². The summed E-state index contributed by atoms with van der Waals surface area (Å²) < 4.78 is 5.24. The Bertz CT molecular complexity index is 513. The molecule has 108 valence electrons. The zero-order valence-electron chi connectivity index (χ0n) is 11.2. The van der Waals surface area contributed by atoms with Gasteiger partial charge in [0.1, 0.15) is 6.10 Å². The first-order valence-corrected chi connectivity index (χ1v) is 6.89. The van der Waals surface area contributed by atoms with Crippen LogP contribution < -0.4 is 10.6 Å². The van der Waals surface area contributed by atoms with E-state index in [2.05, 4.69) is 10.6 Å². The van der Waals surface area contributed by atoms with E-state index in [0.717, 1.165) is 12.0 Å². The molecule has 0 radical (unpaired) electrons. The number of hydrogen-bond acceptors (Lipinski definition) is 3. The number of hydrogen-bond donors (Lipinski definition) is 2. The molecule has 1 heterocycles. The van der Waals surface area contributed by atoms with Crippen molar-refractivity contribution in [2.24, 2.45) is 0 Å². The van der Waals surface area contributed by atoms with Crippen LogP contribution >= 0.6 is 11.6 Å². The lowest BCUT2D eigenvalue weighted by Gasteiger charge is -2.11. The van der Waals surface area contributed by atoms with Crippen molar-refractivity contribution in [2.75, 3.05) is 18.5 Å². The van der Waals surface area contributed by atoms with Crippen molar-refractivity contribution in [1.82, 2.24) is 5.32 Å². The number of amides is 2. The van der Waals surface area contributed by atoms with Gasteiger partial charge in [0.05, 0.1) is 6.54 Å². The van der Waals surface area contributed by atoms with Crippen LogP contribution in [0.5, 0.6) is 0 Å². The molecular weight excluding hydrogens is 280 g/mol. The van der Waals surface area contributed by atoms with Crippen molar-refractivity contribution in [3.05, 3.63) is 28.8 Å². The molecule has 5 nitrogen and oxygen atoms in total. The van der Waals surface area contributed by atoms with Gasteiger partial charge in [-0.2, -0.15) is 0 Å². The molecule has 0 aromatic heterocycles. The Labute approximate surface area is 122 Å². The Morgan fingerprint density at radius 1 is 1.45 bits per heavy atom. The van der Waals surface area contributed by atoms with Gasteiger partial charge in [-0.25, -0.2) is 0 Å². The molecule has 6 heteroatoms. The number of nitrogens with one attached hydrogen (secondary N) is 2. The summed E-state index contributed by atoms with van der Waals surface area (Å²) in [5.41, 5.74) is 1.56. The van der Waals surface area contributed by atoms with Crippen LogP contribution in [0.2, 0.25) is 5.02 Å². The van der Waals surface area contributed by atoms with Gasteiger partial charge >= 0.3 is 0 Å². The molecule has 1 aromatic carbocycles. The number of carbonyl (C=O) groups is 2. The summed E-state index contributed by atoms with van der Waals surface area (Å²) >= 11 is 5.85. The minimum Gasteiger partial charge on any atom is -0.368 e. The van der Waals surface area contributed by atoms with Crippen LogP contribution in [0.15, 0.2) is 18.2 Å². The van der Waals surface area contributed by atoms with Crippen LogP contribution in [-0.2, 0) is 14.3 Å². The van der Waals surface area contributed by atoms with E-state index < -0.39 is 6.10 Å². The molecule has 0 saturated carbocycles. The Morgan fingerprint density at radius 2 is 2.25 bits per heavy atom. The summed E-state index contributed by atoms with van der Waals surface area (Å²) in [6, 6.07) is 5.20. The first-order valence-electron chi connectivity index (χ1n) is 6.51. The predicted molar refractivity (Wildman–Crippen MR) is 76.8 cm³/mol. The average molecular weight is 297 g/mol. The van der Waals surface area contributed by atoms with E-state index in [9.17, 15) is 9.59 Å². The van der Waals surface area contributed by atoms with Crippen molar-refractivity contribution in [3.63, 3.8) is 0 Å². The summed E-state index contributed by atoms with van der Waals surface area (Å²) in [4.78, 5) is 23.4. The highest BCUT2D eigenvalue weighted by molar-refractivity contribution is 6.30. The highest BCUT2D eigenvalue weighted by Crippen LogP contribution is 2.19. The molecule has 2 N–H and O–H groups in total. The minimum absolute atomic E-state index is 0.0687. The average Bonchev–Trinajstić information content (AvgIpc) is 2.93. The smallest absolute Gasteiger partial charge is 0.249 e. The molecule has 0 spiro atoms. The van der Waals surface area contributed by atoms with E-state index in [-0.39, 0.29) is 18.4 Å². The summed E-state index contributed by atoms with van der Waals surface area (Å²) in [6.45, 7) is 2.39. The molecule has 1 aliphatic rings. The lowest BCUT2D eigenvalue weighted by Crippen LogP contribution is -2.39. The fraction of sp³-hybridized carbons (Fsp3) is 0.429. The Kier molecular flexibility index (Phi) is 4.98. The number of anilines is 1. The second-order valence-corrected chi connectivity index (χ2v) is 5.16. The van der Waals surface area contributed by atoms with Crippen molar-refractivity contribution < 1.29 is 14.3 Å². The minimum atomic E-state index is -0.417. The lowest BCUT2D eigenvalue weighted by atomic mass is 10.2. The highest BCUT2D eigenvalue weighted by atomic mass is 35.5. The van der Waals surface area contributed by atoms with Gasteiger partial charge in [-0.1, -0.05) is 11.6 Å². The number of halogens is 1. The quantitative estimate of drug-likeness (QED) is 0.891. The summed E-state index contributed by atoms with van der Waals surface area (Å²) in [7, 11) is 0. The Hall–Kier alpha value is -1.59. The van der Waals surface area contributed by atoms with E-state index in [1.807, 2.05) is 6.92 Å². The van der Waals surface area contributed by atoms with Crippen molar-refractivity contribution in [2.45, 2.75) is 25.9 Å². The molecule has 0 bridgehead atoms. The standard InChI is InChI=1S/C14H17ClN2O3/c1-9-7-10(15)4-5-11(9)17-13(18)8-16-14(19)12-3-2-6-20-12/h4-5,7,12H,2-3,6,8H2,1H3,(H,16,19)(H,17,18). The van der Waals surface area contributed by atoms with Crippen molar-refractivity contribution in [1.29, 1.82) is 0 Å². The van der Waals surface area contributed by atoms with Gasteiger partial charge < -0.3 is 15.4 Å². The fourth-order valence-corrected chi connectivity index (χ4v) is 2.25. The van der Waals surface area contributed by atoms with Crippen LogP contribution in [0.1, 0.15) is 18.4 Å². The fourth-order valence-electron chi connectivity index (χ4n) is 2.03. The SMILES string of the molecule is Cc1cc(Cl)ccc1NC(=O)CNC(=O)C1CCCO1. The van der Waals surface area contributed by atoms with Gasteiger partial charge in [-0.3, -0.25) is 9.59 Å². The van der Waals surface area contributed by atoms with Gasteiger partial charge in [-0.15, -0.1) is 0 Å². The maximum Gasteiger partial charge on any atom is 0.249 e. The first-order chi connectivity index (χ1) is 9.56. The van der Waals surface area contributed by atoms with E-state index in [1.165, 1.54) is 0 Å². The van der Waals surface area contributed by atoms with E-state index >= 15 is 0 Å². The lowest BCUT2D eigenvalue weighted by molar-refractivity contribution is -0.131. The molecule has 1 atom stereocenters. The zero-order chi connectivity index (χ0) is 14.5. The summed E-state index contributed by atoms with van der Waals surface area (Å²) in [6.07, 6.45) is 1.18. The number of carbonyl (C=O) groups excluding carboxylic acids is 2. The summed E-state index contributed by atoms with van der Waals surface area (Å²) in [5.74, 6) is -0.507. The molecule has 0 aliphatic carbocycles. The topological polar surface area (TPSA) is 67.4 Å². The third kappa shape index (κ3) is 3.95. The molecule has 2 amide bonds. The molecule has 1 saturated heterocycles.